The summed E-state index contributed by atoms with van der Waals surface area (Å²) < 4.78 is 1.41. The highest BCUT2D eigenvalue weighted by molar-refractivity contribution is 5.99. The number of carbonyl (C=O) groups excluding carboxylic acids is 2. The number of rotatable bonds is 4. The van der Waals surface area contributed by atoms with Gasteiger partial charge in [-0.15, -0.1) is 0 Å². The molecule has 0 radical (unpaired) electrons. The van der Waals surface area contributed by atoms with E-state index in [1.165, 1.54) is 21.4 Å². The average molecular weight is 374 g/mol. The number of aromatic amines is 1. The van der Waals surface area contributed by atoms with Gasteiger partial charge < -0.3 is 19.9 Å². The molecule has 2 N–H and O–H groups in total. The van der Waals surface area contributed by atoms with Crippen molar-refractivity contribution in [3.63, 3.8) is 0 Å². The second kappa shape index (κ2) is 7.26. The molecule has 1 aromatic carbocycles. The van der Waals surface area contributed by atoms with Crippen molar-refractivity contribution in [1.29, 1.82) is 0 Å². The van der Waals surface area contributed by atoms with E-state index in [0.717, 1.165) is 0 Å². The number of likely N-dealkylation sites (tertiary alicyclic amines) is 1. The molecule has 0 bridgehead atoms. The van der Waals surface area contributed by atoms with Gasteiger partial charge in [0.25, 0.3) is 5.91 Å². The Morgan fingerprint density at radius 1 is 1.33 bits per heavy atom. The fourth-order valence-electron chi connectivity index (χ4n) is 3.36. The van der Waals surface area contributed by atoms with Crippen LogP contribution in [0.25, 0.3) is 11.0 Å². The Balaban J connectivity index is 1.70. The largest absolute Gasteiger partial charge is 0.481 e. The first kappa shape index (κ1) is 18.7. The fraction of sp³-hybridized carbons (Fsp3) is 0.444. The summed E-state index contributed by atoms with van der Waals surface area (Å²) in [6.07, 6.45) is 1.20. The standard InChI is InChI=1S/C18H22N4O5/c1-20(10-15(23)22-7-3-4-12(9-22)17(25)26)16(24)11-5-6-13-14(8-11)21(2)18(27)19-13/h5-6,8,12H,3-4,7,9-10H2,1-2H3,(H,19,27)(H,25,26). The number of nitrogens with zero attached hydrogens (tertiary/aromatic N) is 3. The third kappa shape index (κ3) is 3.71. The number of likely N-dealkylation sites (N-methyl/N-ethyl adjacent to an activating group) is 1. The molecular weight excluding hydrogens is 352 g/mol. The van der Waals surface area contributed by atoms with Crippen molar-refractivity contribution in [3.05, 3.63) is 34.2 Å². The van der Waals surface area contributed by atoms with Crippen LogP contribution in [0.1, 0.15) is 23.2 Å². The van der Waals surface area contributed by atoms with Crippen LogP contribution < -0.4 is 5.69 Å². The number of benzene rings is 1. The molecule has 1 aliphatic heterocycles. The molecule has 1 atom stereocenters. The number of aryl methyl sites for hydroxylation is 1. The molecule has 1 aliphatic rings. The van der Waals surface area contributed by atoms with Crippen LogP contribution in [-0.4, -0.2) is 68.9 Å². The van der Waals surface area contributed by atoms with Gasteiger partial charge in [-0.2, -0.15) is 0 Å². The lowest BCUT2D eigenvalue weighted by atomic mass is 9.98. The predicted molar refractivity (Wildman–Crippen MR) is 97.4 cm³/mol. The second-order valence-electron chi connectivity index (χ2n) is 6.90. The Morgan fingerprint density at radius 3 is 2.78 bits per heavy atom. The van der Waals surface area contributed by atoms with Crippen molar-refractivity contribution in [1.82, 2.24) is 19.4 Å². The van der Waals surface area contributed by atoms with Crippen LogP contribution in [0.3, 0.4) is 0 Å². The van der Waals surface area contributed by atoms with Crippen LogP contribution >= 0.6 is 0 Å². The van der Waals surface area contributed by atoms with Gasteiger partial charge in [0, 0.05) is 32.7 Å². The van der Waals surface area contributed by atoms with E-state index in [4.69, 9.17) is 5.11 Å². The van der Waals surface area contributed by atoms with Gasteiger partial charge in [-0.25, -0.2) is 4.79 Å². The summed E-state index contributed by atoms with van der Waals surface area (Å²) in [7, 11) is 3.14. The minimum absolute atomic E-state index is 0.130. The topological polar surface area (TPSA) is 116 Å². The highest BCUT2D eigenvalue weighted by atomic mass is 16.4. The normalized spacial score (nSPS) is 17.1. The summed E-state index contributed by atoms with van der Waals surface area (Å²) >= 11 is 0. The number of aromatic nitrogens is 2. The zero-order valence-electron chi connectivity index (χ0n) is 15.3. The number of piperidine rings is 1. The minimum Gasteiger partial charge on any atom is -0.481 e. The molecule has 1 unspecified atom stereocenters. The second-order valence-corrected chi connectivity index (χ2v) is 6.90. The third-order valence-electron chi connectivity index (χ3n) is 4.99. The number of amides is 2. The van der Waals surface area contributed by atoms with E-state index in [2.05, 4.69) is 4.98 Å². The SMILES string of the molecule is CN(CC(=O)N1CCCC(C(=O)O)C1)C(=O)c1ccc2[nH]c(=O)n(C)c2c1. The Bertz CT molecular complexity index is 960. The molecule has 27 heavy (non-hydrogen) atoms. The Kier molecular flexibility index (Phi) is 5.02. The van der Waals surface area contributed by atoms with Crippen LogP contribution in [0.5, 0.6) is 0 Å². The van der Waals surface area contributed by atoms with Crippen LogP contribution in [0.15, 0.2) is 23.0 Å². The van der Waals surface area contributed by atoms with Crippen molar-refractivity contribution < 1.29 is 19.5 Å². The van der Waals surface area contributed by atoms with E-state index < -0.39 is 11.9 Å². The van der Waals surface area contributed by atoms with Crippen LogP contribution in [0.4, 0.5) is 0 Å². The van der Waals surface area contributed by atoms with E-state index in [-0.39, 0.29) is 30.6 Å². The van der Waals surface area contributed by atoms with Crippen molar-refractivity contribution in [2.24, 2.45) is 13.0 Å². The molecule has 2 aromatic rings. The maximum atomic E-state index is 12.7. The third-order valence-corrected chi connectivity index (χ3v) is 4.99. The van der Waals surface area contributed by atoms with Crippen LogP contribution in [-0.2, 0) is 16.6 Å². The monoisotopic (exact) mass is 374 g/mol. The lowest BCUT2D eigenvalue weighted by molar-refractivity contribution is -0.145. The van der Waals surface area contributed by atoms with Crippen molar-refractivity contribution in [2.45, 2.75) is 12.8 Å². The zero-order chi connectivity index (χ0) is 19.7. The van der Waals surface area contributed by atoms with Gasteiger partial charge in [-0.05, 0) is 31.0 Å². The Labute approximate surface area is 155 Å². The number of carbonyl (C=O) groups is 3. The van der Waals surface area contributed by atoms with E-state index >= 15 is 0 Å². The smallest absolute Gasteiger partial charge is 0.326 e. The molecule has 9 nitrogen and oxygen atoms in total. The maximum Gasteiger partial charge on any atom is 0.326 e. The molecule has 3 rings (SSSR count). The molecule has 0 aliphatic carbocycles. The maximum absolute atomic E-state index is 12.7. The first-order valence-corrected chi connectivity index (χ1v) is 8.72. The van der Waals surface area contributed by atoms with Crippen LogP contribution in [0, 0.1) is 5.92 Å². The van der Waals surface area contributed by atoms with E-state index in [0.29, 0.717) is 36.0 Å². The number of H-pyrrole nitrogens is 1. The summed E-state index contributed by atoms with van der Waals surface area (Å²) in [6, 6.07) is 4.86. The van der Waals surface area contributed by atoms with Gasteiger partial charge in [0.2, 0.25) is 5.91 Å². The van der Waals surface area contributed by atoms with Gasteiger partial charge in [0.15, 0.2) is 0 Å². The fourth-order valence-corrected chi connectivity index (χ4v) is 3.36. The molecule has 0 saturated carbocycles. The first-order chi connectivity index (χ1) is 12.8. The molecule has 2 heterocycles. The lowest BCUT2D eigenvalue weighted by Gasteiger charge is -2.32. The van der Waals surface area contributed by atoms with E-state index in [1.54, 1.807) is 25.2 Å². The number of carboxylic acids is 1. The molecule has 9 heteroatoms. The van der Waals surface area contributed by atoms with Crippen molar-refractivity contribution in [3.8, 4) is 0 Å². The quantitative estimate of drug-likeness (QED) is 0.797. The highest BCUT2D eigenvalue weighted by Crippen LogP contribution is 2.17. The number of imidazole rings is 1. The Morgan fingerprint density at radius 2 is 2.07 bits per heavy atom. The number of hydrogen-bond donors (Lipinski definition) is 2. The number of aliphatic carboxylic acids is 1. The Hall–Kier alpha value is -3.10. The predicted octanol–water partition coefficient (Wildman–Crippen LogP) is 0.262. The van der Waals surface area contributed by atoms with Crippen molar-refractivity contribution >= 4 is 28.8 Å². The molecule has 1 saturated heterocycles. The lowest BCUT2D eigenvalue weighted by Crippen LogP contribution is -2.46. The first-order valence-electron chi connectivity index (χ1n) is 8.72. The van der Waals surface area contributed by atoms with E-state index in [1.807, 2.05) is 0 Å². The molecule has 1 fully saturated rings. The summed E-state index contributed by atoms with van der Waals surface area (Å²) in [5.41, 5.74) is 1.34. The summed E-state index contributed by atoms with van der Waals surface area (Å²) in [6.45, 7) is 0.547. The zero-order valence-corrected chi connectivity index (χ0v) is 15.3. The average Bonchev–Trinajstić information content (AvgIpc) is 2.94. The highest BCUT2D eigenvalue weighted by Gasteiger charge is 2.29. The summed E-state index contributed by atoms with van der Waals surface area (Å²) in [5.74, 6) is -2.07. The number of carboxylic acid groups (broad SMARTS) is 1. The van der Waals surface area contributed by atoms with E-state index in [9.17, 15) is 19.2 Å². The number of hydrogen-bond acceptors (Lipinski definition) is 4. The van der Waals surface area contributed by atoms with Gasteiger partial charge in [0.05, 0.1) is 23.5 Å². The molecule has 2 amide bonds. The number of nitrogens with one attached hydrogen (secondary N) is 1. The van der Waals surface area contributed by atoms with Gasteiger partial charge in [-0.1, -0.05) is 0 Å². The number of fused-ring (bicyclic) bond motifs is 1. The van der Waals surface area contributed by atoms with Gasteiger partial charge in [0.1, 0.15) is 0 Å². The summed E-state index contributed by atoms with van der Waals surface area (Å²) in [5, 5.41) is 9.14. The molecule has 1 aromatic heterocycles. The van der Waals surface area contributed by atoms with Crippen molar-refractivity contribution in [2.75, 3.05) is 26.7 Å². The summed E-state index contributed by atoms with van der Waals surface area (Å²) in [4.78, 5) is 53.4. The van der Waals surface area contributed by atoms with Gasteiger partial charge >= 0.3 is 11.7 Å². The molecular formula is C18H22N4O5. The molecule has 144 valence electrons. The van der Waals surface area contributed by atoms with Gasteiger partial charge in [-0.3, -0.25) is 19.0 Å². The minimum atomic E-state index is -0.901. The van der Waals surface area contributed by atoms with Crippen LogP contribution in [0.2, 0.25) is 0 Å². The molecule has 0 spiro atoms.